The summed E-state index contributed by atoms with van der Waals surface area (Å²) in [5.74, 6) is -0.103. The van der Waals surface area contributed by atoms with Gasteiger partial charge in [0.2, 0.25) is 5.91 Å². The Kier molecular flexibility index (Phi) is 8.10. The largest absolute Gasteiger partial charge is 0.377 e. The molecule has 2 aliphatic rings. The van der Waals surface area contributed by atoms with Gasteiger partial charge in [-0.1, -0.05) is 12.1 Å². The van der Waals surface area contributed by atoms with E-state index >= 15 is 0 Å². The molecule has 2 aliphatic heterocycles. The molecule has 30 heavy (non-hydrogen) atoms. The molecule has 2 fully saturated rings. The maximum Gasteiger partial charge on any atom is 0.322 e. The second-order valence-electron chi connectivity index (χ2n) is 8.60. The molecule has 2 heterocycles. The lowest BCUT2D eigenvalue weighted by atomic mass is 10.1. The molecule has 7 nitrogen and oxygen atoms in total. The minimum atomic E-state index is -0.379. The van der Waals surface area contributed by atoms with Crippen LogP contribution in [0.4, 0.5) is 10.5 Å². The van der Waals surface area contributed by atoms with E-state index in [4.69, 9.17) is 4.74 Å². The number of urea groups is 1. The van der Waals surface area contributed by atoms with Crippen molar-refractivity contribution in [3.63, 3.8) is 0 Å². The molecule has 2 N–H and O–H groups in total. The number of hydrogen-bond acceptors (Lipinski definition) is 4. The Bertz CT molecular complexity index is 701. The van der Waals surface area contributed by atoms with Crippen molar-refractivity contribution in [3.05, 3.63) is 29.8 Å². The standard InChI is InChI=1S/C23H36N4O3/c1-17(2)26(16-20-7-4-5-14-30-20)15-18-9-11-19(12-10-18)25-23(29)27-13-6-8-21(27)22(28)24-3/h9-12,17,20-21H,4-8,13-16H2,1-3H3,(H,24,28)(H,25,29)/t20-,21+/m1/s1. The number of anilines is 1. The number of rotatable bonds is 7. The van der Waals surface area contributed by atoms with Crippen LogP contribution in [0, 0.1) is 0 Å². The third-order valence-corrected chi connectivity index (χ3v) is 6.10. The highest BCUT2D eigenvalue weighted by Gasteiger charge is 2.33. The number of carbonyl (C=O) groups is 2. The molecule has 0 radical (unpaired) electrons. The zero-order valence-electron chi connectivity index (χ0n) is 18.5. The first kappa shape index (κ1) is 22.6. The van der Waals surface area contributed by atoms with Crippen LogP contribution in [0.2, 0.25) is 0 Å². The van der Waals surface area contributed by atoms with Gasteiger partial charge in [0.1, 0.15) is 6.04 Å². The van der Waals surface area contributed by atoms with E-state index in [1.807, 2.05) is 12.1 Å². The fourth-order valence-electron chi connectivity index (χ4n) is 4.24. The first-order valence-corrected chi connectivity index (χ1v) is 11.2. The van der Waals surface area contributed by atoms with Crippen LogP contribution in [0.25, 0.3) is 0 Å². The molecule has 0 aliphatic carbocycles. The first-order valence-electron chi connectivity index (χ1n) is 11.2. The number of benzene rings is 1. The Labute approximate surface area is 180 Å². The highest BCUT2D eigenvalue weighted by molar-refractivity contribution is 5.94. The normalized spacial score (nSPS) is 21.8. The quantitative estimate of drug-likeness (QED) is 0.716. The van der Waals surface area contributed by atoms with Gasteiger partial charge in [-0.3, -0.25) is 9.69 Å². The van der Waals surface area contributed by atoms with Crippen molar-refractivity contribution >= 4 is 17.6 Å². The third-order valence-electron chi connectivity index (χ3n) is 6.10. The zero-order chi connectivity index (χ0) is 21.5. The minimum Gasteiger partial charge on any atom is -0.377 e. The van der Waals surface area contributed by atoms with Crippen LogP contribution < -0.4 is 10.6 Å². The van der Waals surface area contributed by atoms with E-state index in [0.717, 1.165) is 38.2 Å². The van der Waals surface area contributed by atoms with Crippen molar-refractivity contribution in [1.29, 1.82) is 0 Å². The van der Waals surface area contributed by atoms with Crippen LogP contribution in [-0.2, 0) is 16.1 Å². The summed E-state index contributed by atoms with van der Waals surface area (Å²) < 4.78 is 5.92. The predicted molar refractivity (Wildman–Crippen MR) is 118 cm³/mol. The highest BCUT2D eigenvalue weighted by Crippen LogP contribution is 2.21. The number of likely N-dealkylation sites (tertiary alicyclic amines) is 1. The van der Waals surface area contributed by atoms with E-state index in [1.165, 1.54) is 18.4 Å². The van der Waals surface area contributed by atoms with E-state index in [1.54, 1.807) is 11.9 Å². The monoisotopic (exact) mass is 416 g/mol. The van der Waals surface area contributed by atoms with Gasteiger partial charge in [-0.2, -0.15) is 0 Å². The van der Waals surface area contributed by atoms with Crippen molar-refractivity contribution < 1.29 is 14.3 Å². The summed E-state index contributed by atoms with van der Waals surface area (Å²) in [7, 11) is 1.61. The first-order chi connectivity index (χ1) is 14.5. The molecule has 1 aromatic carbocycles. The van der Waals surface area contributed by atoms with Crippen LogP contribution in [-0.4, -0.2) is 66.7 Å². The van der Waals surface area contributed by atoms with Crippen molar-refractivity contribution in [2.24, 2.45) is 0 Å². The fraction of sp³-hybridized carbons (Fsp3) is 0.652. The molecule has 2 atom stereocenters. The predicted octanol–water partition coefficient (Wildman–Crippen LogP) is 3.21. The second kappa shape index (κ2) is 10.8. The molecule has 0 unspecified atom stereocenters. The number of hydrogen-bond donors (Lipinski definition) is 2. The highest BCUT2D eigenvalue weighted by atomic mass is 16.5. The molecule has 0 saturated carbocycles. The lowest BCUT2D eigenvalue weighted by Gasteiger charge is -2.32. The molecule has 0 bridgehead atoms. The number of likely N-dealkylation sites (N-methyl/N-ethyl adjacent to an activating group) is 1. The van der Waals surface area contributed by atoms with E-state index in [0.29, 0.717) is 25.1 Å². The van der Waals surface area contributed by atoms with Gasteiger partial charge in [-0.25, -0.2) is 4.79 Å². The van der Waals surface area contributed by atoms with Crippen LogP contribution in [0.1, 0.15) is 51.5 Å². The van der Waals surface area contributed by atoms with E-state index in [2.05, 4.69) is 41.5 Å². The van der Waals surface area contributed by atoms with Crippen LogP contribution in [0.3, 0.4) is 0 Å². The van der Waals surface area contributed by atoms with Crippen molar-refractivity contribution in [2.75, 3.05) is 32.1 Å². The van der Waals surface area contributed by atoms with Gasteiger partial charge >= 0.3 is 6.03 Å². The van der Waals surface area contributed by atoms with Gasteiger partial charge in [0.05, 0.1) is 6.10 Å². The topological polar surface area (TPSA) is 73.9 Å². The van der Waals surface area contributed by atoms with Crippen molar-refractivity contribution in [3.8, 4) is 0 Å². The third kappa shape index (κ3) is 5.95. The SMILES string of the molecule is CNC(=O)[C@@H]1CCCN1C(=O)Nc1ccc(CN(C[C@H]2CCCCO2)C(C)C)cc1. The average molecular weight is 417 g/mol. The number of carbonyl (C=O) groups excluding carboxylic acids is 2. The zero-order valence-corrected chi connectivity index (χ0v) is 18.5. The van der Waals surface area contributed by atoms with E-state index in [-0.39, 0.29) is 18.0 Å². The smallest absolute Gasteiger partial charge is 0.322 e. The molecule has 3 amide bonds. The van der Waals surface area contributed by atoms with Gasteiger partial charge < -0.3 is 20.3 Å². The van der Waals surface area contributed by atoms with Crippen LogP contribution in [0.5, 0.6) is 0 Å². The molecule has 166 valence electrons. The summed E-state index contributed by atoms with van der Waals surface area (Å²) in [5, 5.41) is 5.58. The van der Waals surface area contributed by atoms with Crippen molar-refractivity contribution in [2.45, 2.75) is 70.7 Å². The summed E-state index contributed by atoms with van der Waals surface area (Å²) in [6, 6.07) is 7.84. The van der Waals surface area contributed by atoms with Gasteiger partial charge in [-0.05, 0) is 63.6 Å². The molecule has 2 saturated heterocycles. The summed E-state index contributed by atoms with van der Waals surface area (Å²) in [6.45, 7) is 7.73. The average Bonchev–Trinajstić information content (AvgIpc) is 3.25. The van der Waals surface area contributed by atoms with Gasteiger partial charge in [-0.15, -0.1) is 0 Å². The molecular formula is C23H36N4O3. The minimum absolute atomic E-state index is 0.103. The molecule has 7 heteroatoms. The molecule has 3 rings (SSSR count). The summed E-state index contributed by atoms with van der Waals surface area (Å²) in [4.78, 5) is 28.7. The summed E-state index contributed by atoms with van der Waals surface area (Å²) in [5.41, 5.74) is 1.96. The summed E-state index contributed by atoms with van der Waals surface area (Å²) >= 11 is 0. The Balaban J connectivity index is 1.55. The lowest BCUT2D eigenvalue weighted by molar-refractivity contribution is -0.124. The maximum atomic E-state index is 12.6. The number of nitrogens with one attached hydrogen (secondary N) is 2. The summed E-state index contributed by atoms with van der Waals surface area (Å²) in [6.07, 6.45) is 5.45. The Morgan fingerprint density at radius 2 is 1.93 bits per heavy atom. The Morgan fingerprint density at radius 3 is 2.57 bits per heavy atom. The van der Waals surface area contributed by atoms with E-state index in [9.17, 15) is 9.59 Å². The molecule has 0 spiro atoms. The van der Waals surface area contributed by atoms with E-state index < -0.39 is 0 Å². The van der Waals surface area contributed by atoms with Crippen molar-refractivity contribution in [1.82, 2.24) is 15.1 Å². The van der Waals surface area contributed by atoms with Gasteiger partial charge in [0.15, 0.2) is 0 Å². The number of ether oxygens (including phenoxy) is 1. The lowest BCUT2D eigenvalue weighted by Crippen LogP contribution is -2.46. The number of nitrogens with zero attached hydrogens (tertiary/aromatic N) is 2. The van der Waals surface area contributed by atoms with Crippen LogP contribution >= 0.6 is 0 Å². The molecule has 0 aromatic heterocycles. The molecular weight excluding hydrogens is 380 g/mol. The van der Waals surface area contributed by atoms with Gasteiger partial charge in [0.25, 0.3) is 0 Å². The number of amides is 3. The maximum absolute atomic E-state index is 12.6. The van der Waals surface area contributed by atoms with Gasteiger partial charge in [0, 0.05) is 45.0 Å². The second-order valence-corrected chi connectivity index (χ2v) is 8.60. The Morgan fingerprint density at radius 1 is 1.17 bits per heavy atom. The molecule has 1 aromatic rings. The fourth-order valence-corrected chi connectivity index (χ4v) is 4.24. The van der Waals surface area contributed by atoms with Crippen LogP contribution in [0.15, 0.2) is 24.3 Å². The Hall–Kier alpha value is -2.12.